The van der Waals surface area contributed by atoms with E-state index in [-0.39, 0.29) is 6.03 Å². The molecular formula is C18H20N2O2. The van der Waals surface area contributed by atoms with Gasteiger partial charge in [0.1, 0.15) is 5.75 Å². The molecule has 0 aliphatic carbocycles. The summed E-state index contributed by atoms with van der Waals surface area (Å²) in [6.07, 6.45) is 1.93. The van der Waals surface area contributed by atoms with Gasteiger partial charge in [-0.1, -0.05) is 36.4 Å². The molecule has 0 spiro atoms. The number of anilines is 1. The van der Waals surface area contributed by atoms with Gasteiger partial charge in [0, 0.05) is 7.05 Å². The van der Waals surface area contributed by atoms with Crippen LogP contribution in [0.1, 0.15) is 12.5 Å². The molecule has 0 saturated heterocycles. The van der Waals surface area contributed by atoms with E-state index in [9.17, 15) is 4.79 Å². The van der Waals surface area contributed by atoms with Crippen LogP contribution >= 0.6 is 0 Å². The van der Waals surface area contributed by atoms with E-state index in [0.29, 0.717) is 0 Å². The number of hydrogen-bond donors (Lipinski definition) is 1. The van der Waals surface area contributed by atoms with Gasteiger partial charge < -0.3 is 10.1 Å². The summed E-state index contributed by atoms with van der Waals surface area (Å²) in [6, 6.07) is 17.0. The lowest BCUT2D eigenvalue weighted by Crippen LogP contribution is -2.36. The normalized spacial score (nSPS) is 11.0. The second-order valence-electron chi connectivity index (χ2n) is 4.63. The van der Waals surface area contributed by atoms with Gasteiger partial charge in [0.15, 0.2) is 0 Å². The van der Waals surface area contributed by atoms with Crippen LogP contribution in [0.15, 0.2) is 60.7 Å². The molecule has 0 atom stereocenters. The average molecular weight is 296 g/mol. The van der Waals surface area contributed by atoms with Crippen LogP contribution in [0, 0.1) is 0 Å². The standard InChI is InChI=1S/C18H20N2O2/c1-4-17(14-8-6-5-7-9-14)20(18(21)19-2)15-10-12-16(22-3)13-11-15/h4-13H,1-3H3,(H,19,21)/b17-4-. The molecule has 2 aromatic carbocycles. The number of benzene rings is 2. The zero-order valence-electron chi connectivity index (χ0n) is 13.0. The van der Waals surface area contributed by atoms with Crippen LogP contribution < -0.4 is 15.0 Å². The van der Waals surface area contributed by atoms with Crippen LogP contribution in [0.25, 0.3) is 5.70 Å². The van der Waals surface area contributed by atoms with Gasteiger partial charge in [0.2, 0.25) is 0 Å². The maximum absolute atomic E-state index is 12.4. The van der Waals surface area contributed by atoms with Gasteiger partial charge in [0.25, 0.3) is 0 Å². The quantitative estimate of drug-likeness (QED) is 0.929. The Morgan fingerprint density at radius 1 is 1.09 bits per heavy atom. The highest BCUT2D eigenvalue weighted by molar-refractivity contribution is 6.04. The Bertz CT molecular complexity index is 649. The van der Waals surface area contributed by atoms with Crippen LogP contribution in [-0.2, 0) is 0 Å². The lowest BCUT2D eigenvalue weighted by atomic mass is 10.1. The molecule has 2 amide bonds. The van der Waals surface area contributed by atoms with Gasteiger partial charge in [-0.3, -0.25) is 4.90 Å². The van der Waals surface area contributed by atoms with Crippen LogP contribution in [0.5, 0.6) is 5.75 Å². The van der Waals surface area contributed by atoms with Gasteiger partial charge >= 0.3 is 6.03 Å². The van der Waals surface area contributed by atoms with E-state index in [1.165, 1.54) is 0 Å². The minimum Gasteiger partial charge on any atom is -0.497 e. The molecule has 22 heavy (non-hydrogen) atoms. The number of nitrogens with zero attached hydrogens (tertiary/aromatic N) is 1. The number of nitrogens with one attached hydrogen (secondary N) is 1. The van der Waals surface area contributed by atoms with E-state index in [1.54, 1.807) is 19.1 Å². The molecule has 0 bridgehead atoms. The minimum atomic E-state index is -0.192. The molecule has 4 nitrogen and oxygen atoms in total. The Labute approximate surface area is 131 Å². The van der Waals surface area contributed by atoms with Gasteiger partial charge in [-0.2, -0.15) is 0 Å². The van der Waals surface area contributed by atoms with Crippen molar-refractivity contribution in [1.29, 1.82) is 0 Å². The summed E-state index contributed by atoms with van der Waals surface area (Å²) in [4.78, 5) is 14.0. The molecule has 0 fully saturated rings. The molecule has 114 valence electrons. The summed E-state index contributed by atoms with van der Waals surface area (Å²) in [5.74, 6) is 0.752. The highest BCUT2D eigenvalue weighted by Gasteiger charge is 2.19. The van der Waals surface area contributed by atoms with Crippen molar-refractivity contribution in [3.05, 3.63) is 66.2 Å². The molecular weight excluding hydrogens is 276 g/mol. The maximum Gasteiger partial charge on any atom is 0.326 e. The van der Waals surface area contributed by atoms with Crippen molar-refractivity contribution in [3.63, 3.8) is 0 Å². The third-order valence-electron chi connectivity index (χ3n) is 3.33. The number of carbonyl (C=O) groups excluding carboxylic acids is 1. The number of carbonyl (C=O) groups is 1. The van der Waals surface area contributed by atoms with Crippen molar-refractivity contribution in [1.82, 2.24) is 5.32 Å². The molecule has 2 rings (SSSR count). The van der Waals surface area contributed by atoms with Crippen molar-refractivity contribution in [2.45, 2.75) is 6.92 Å². The van der Waals surface area contributed by atoms with Crippen molar-refractivity contribution in [2.75, 3.05) is 19.1 Å². The van der Waals surface area contributed by atoms with Crippen LogP contribution in [0.2, 0.25) is 0 Å². The Hall–Kier alpha value is -2.75. The molecule has 0 saturated carbocycles. The Balaban J connectivity index is 2.47. The second-order valence-corrected chi connectivity index (χ2v) is 4.63. The molecule has 1 N–H and O–H groups in total. The monoisotopic (exact) mass is 296 g/mol. The highest BCUT2D eigenvalue weighted by Crippen LogP contribution is 2.28. The predicted octanol–water partition coefficient (Wildman–Crippen LogP) is 3.90. The Morgan fingerprint density at radius 2 is 1.73 bits per heavy atom. The molecule has 0 aromatic heterocycles. The number of ether oxygens (including phenoxy) is 1. The fraction of sp³-hybridized carbons (Fsp3) is 0.167. The van der Waals surface area contributed by atoms with Crippen molar-refractivity contribution in [2.24, 2.45) is 0 Å². The van der Waals surface area contributed by atoms with E-state index in [1.807, 2.05) is 67.6 Å². The molecule has 4 heteroatoms. The fourth-order valence-corrected chi connectivity index (χ4v) is 2.24. The summed E-state index contributed by atoms with van der Waals surface area (Å²) in [5.41, 5.74) is 2.58. The first-order valence-electron chi connectivity index (χ1n) is 7.09. The Kier molecular flexibility index (Phi) is 5.20. The van der Waals surface area contributed by atoms with E-state index < -0.39 is 0 Å². The lowest BCUT2D eigenvalue weighted by molar-refractivity contribution is 0.250. The minimum absolute atomic E-state index is 0.192. The van der Waals surface area contributed by atoms with Gasteiger partial charge in [0.05, 0.1) is 18.5 Å². The lowest BCUT2D eigenvalue weighted by Gasteiger charge is -2.25. The second kappa shape index (κ2) is 7.31. The number of allylic oxidation sites excluding steroid dienone is 1. The van der Waals surface area contributed by atoms with Crippen molar-refractivity contribution >= 4 is 17.4 Å². The number of urea groups is 1. The summed E-state index contributed by atoms with van der Waals surface area (Å²) < 4.78 is 5.17. The smallest absolute Gasteiger partial charge is 0.326 e. The van der Waals surface area contributed by atoms with Crippen molar-refractivity contribution < 1.29 is 9.53 Å². The predicted molar refractivity (Wildman–Crippen MR) is 90.0 cm³/mol. The Morgan fingerprint density at radius 3 is 2.23 bits per heavy atom. The van der Waals surface area contributed by atoms with Crippen LogP contribution in [-0.4, -0.2) is 20.2 Å². The SMILES string of the molecule is C/C=C(/c1ccccc1)N(C(=O)NC)c1ccc(OC)cc1. The highest BCUT2D eigenvalue weighted by atomic mass is 16.5. The largest absolute Gasteiger partial charge is 0.497 e. The molecule has 0 unspecified atom stereocenters. The number of methoxy groups -OCH3 is 1. The summed E-state index contributed by atoms with van der Waals surface area (Å²) in [6.45, 7) is 1.92. The van der Waals surface area contributed by atoms with E-state index in [2.05, 4.69) is 5.32 Å². The number of hydrogen-bond acceptors (Lipinski definition) is 2. The molecule has 0 aliphatic heterocycles. The number of rotatable bonds is 4. The van der Waals surface area contributed by atoms with Crippen molar-refractivity contribution in [3.8, 4) is 5.75 Å². The first kappa shape index (κ1) is 15.6. The number of amides is 2. The summed E-state index contributed by atoms with van der Waals surface area (Å²) in [5, 5.41) is 2.69. The third kappa shape index (κ3) is 3.28. The van der Waals surface area contributed by atoms with Gasteiger partial charge in [-0.25, -0.2) is 4.79 Å². The summed E-state index contributed by atoms with van der Waals surface area (Å²) in [7, 11) is 3.24. The zero-order chi connectivity index (χ0) is 15.9. The first-order valence-corrected chi connectivity index (χ1v) is 7.09. The molecule has 0 aliphatic rings. The van der Waals surface area contributed by atoms with E-state index >= 15 is 0 Å². The van der Waals surface area contributed by atoms with E-state index in [0.717, 1.165) is 22.7 Å². The molecule has 2 aromatic rings. The fourth-order valence-electron chi connectivity index (χ4n) is 2.24. The third-order valence-corrected chi connectivity index (χ3v) is 3.33. The average Bonchev–Trinajstić information content (AvgIpc) is 2.60. The summed E-state index contributed by atoms with van der Waals surface area (Å²) >= 11 is 0. The first-order chi connectivity index (χ1) is 10.7. The topological polar surface area (TPSA) is 41.6 Å². The van der Waals surface area contributed by atoms with Gasteiger partial charge in [-0.15, -0.1) is 0 Å². The molecule has 0 radical (unpaired) electrons. The molecule has 0 heterocycles. The van der Waals surface area contributed by atoms with Gasteiger partial charge in [-0.05, 0) is 36.8 Å². The van der Waals surface area contributed by atoms with E-state index in [4.69, 9.17) is 4.74 Å². The van der Waals surface area contributed by atoms with Crippen LogP contribution in [0.4, 0.5) is 10.5 Å². The van der Waals surface area contributed by atoms with Crippen LogP contribution in [0.3, 0.4) is 0 Å². The zero-order valence-corrected chi connectivity index (χ0v) is 13.0. The maximum atomic E-state index is 12.4.